The van der Waals surface area contributed by atoms with Crippen molar-refractivity contribution in [3.05, 3.63) is 10.7 Å². The number of anilines is 1. The lowest BCUT2D eigenvalue weighted by Crippen LogP contribution is -2.45. The molecule has 2 aromatic rings. The molecule has 2 aliphatic heterocycles. The van der Waals surface area contributed by atoms with Crippen LogP contribution in [0.1, 0.15) is 25.7 Å². The van der Waals surface area contributed by atoms with Gasteiger partial charge in [0.15, 0.2) is 5.82 Å². The lowest BCUT2D eigenvalue weighted by molar-refractivity contribution is 0.444. The zero-order valence-corrected chi connectivity index (χ0v) is 17.0. The molecule has 4 rings (SSSR count). The molecule has 11 heteroatoms. The highest BCUT2D eigenvalue weighted by Gasteiger charge is 2.36. The molecular formula is C15H22BrN7O2S. The Morgan fingerprint density at radius 1 is 1.15 bits per heavy atom. The van der Waals surface area contributed by atoms with Crippen LogP contribution < -0.4 is 4.90 Å². The first-order valence-corrected chi connectivity index (χ1v) is 11.1. The van der Waals surface area contributed by atoms with E-state index in [2.05, 4.69) is 41.2 Å². The second-order valence-electron chi connectivity index (χ2n) is 6.82. The van der Waals surface area contributed by atoms with E-state index in [1.54, 1.807) is 4.31 Å². The summed E-state index contributed by atoms with van der Waals surface area (Å²) in [5.74, 6) is 1.42. The van der Waals surface area contributed by atoms with Gasteiger partial charge in [0.25, 0.3) is 0 Å². The largest absolute Gasteiger partial charge is 0.341 e. The minimum atomic E-state index is -3.17. The van der Waals surface area contributed by atoms with Crippen LogP contribution in [-0.2, 0) is 17.1 Å². The Bertz CT molecular complexity index is 880. The van der Waals surface area contributed by atoms with Crippen molar-refractivity contribution in [1.29, 1.82) is 0 Å². The summed E-state index contributed by atoms with van der Waals surface area (Å²) in [6.45, 7) is 2.67. The van der Waals surface area contributed by atoms with E-state index in [1.165, 1.54) is 0 Å². The van der Waals surface area contributed by atoms with Gasteiger partial charge >= 0.3 is 0 Å². The third-order valence-electron chi connectivity index (χ3n) is 5.20. The summed E-state index contributed by atoms with van der Waals surface area (Å²) in [6.07, 6.45) is 3.19. The number of sulfonamides is 1. The number of rotatable bonds is 4. The fourth-order valence-electron chi connectivity index (χ4n) is 3.74. The summed E-state index contributed by atoms with van der Waals surface area (Å²) >= 11 is 3.34. The van der Waals surface area contributed by atoms with Crippen LogP contribution >= 0.6 is 15.9 Å². The Kier molecular flexibility index (Phi) is 4.78. The van der Waals surface area contributed by atoms with Gasteiger partial charge in [-0.2, -0.15) is 5.10 Å². The maximum absolute atomic E-state index is 12.7. The van der Waals surface area contributed by atoms with Crippen LogP contribution in [0.25, 0.3) is 11.5 Å². The van der Waals surface area contributed by atoms with Crippen LogP contribution in [0.3, 0.4) is 0 Å². The molecule has 4 heterocycles. The van der Waals surface area contributed by atoms with E-state index in [0.29, 0.717) is 50.5 Å². The number of nitrogens with zero attached hydrogens (tertiary/aromatic N) is 6. The SMILES string of the molecule is Cn1c(-c2cc(Br)[nH]n2)nnc1N1CCC(S(=O)(=O)N2CCCC2)CC1. The highest BCUT2D eigenvalue weighted by atomic mass is 79.9. The molecule has 142 valence electrons. The number of halogens is 1. The average molecular weight is 444 g/mol. The zero-order valence-electron chi connectivity index (χ0n) is 14.6. The second-order valence-corrected chi connectivity index (χ2v) is 9.89. The predicted octanol–water partition coefficient (Wildman–Crippen LogP) is 1.36. The van der Waals surface area contributed by atoms with Gasteiger partial charge in [-0.15, -0.1) is 10.2 Å². The number of hydrogen-bond acceptors (Lipinski definition) is 6. The monoisotopic (exact) mass is 443 g/mol. The molecule has 9 nitrogen and oxygen atoms in total. The Morgan fingerprint density at radius 3 is 2.46 bits per heavy atom. The maximum atomic E-state index is 12.7. The first kappa shape index (κ1) is 17.9. The molecule has 2 aliphatic rings. The summed E-state index contributed by atoms with van der Waals surface area (Å²) in [6, 6.07) is 1.85. The topological polar surface area (TPSA) is 100 Å². The zero-order chi connectivity index (χ0) is 18.3. The van der Waals surface area contributed by atoms with E-state index < -0.39 is 10.0 Å². The van der Waals surface area contributed by atoms with Crippen molar-refractivity contribution in [2.75, 3.05) is 31.1 Å². The maximum Gasteiger partial charge on any atom is 0.227 e. The lowest BCUT2D eigenvalue weighted by Gasteiger charge is -2.33. The molecule has 0 aliphatic carbocycles. The van der Waals surface area contributed by atoms with Crippen molar-refractivity contribution in [2.45, 2.75) is 30.9 Å². The van der Waals surface area contributed by atoms with Gasteiger partial charge in [0.05, 0.1) is 5.25 Å². The molecule has 2 saturated heterocycles. The minimum absolute atomic E-state index is 0.285. The summed E-state index contributed by atoms with van der Waals surface area (Å²) in [4.78, 5) is 2.11. The van der Waals surface area contributed by atoms with E-state index in [-0.39, 0.29) is 5.25 Å². The molecule has 2 fully saturated rings. The summed E-state index contributed by atoms with van der Waals surface area (Å²) in [5.41, 5.74) is 0.713. The van der Waals surface area contributed by atoms with Gasteiger partial charge in [-0.3, -0.25) is 9.67 Å². The van der Waals surface area contributed by atoms with Gasteiger partial charge in [-0.1, -0.05) is 0 Å². The van der Waals surface area contributed by atoms with Crippen LogP contribution in [0.2, 0.25) is 0 Å². The Balaban J connectivity index is 1.46. The van der Waals surface area contributed by atoms with Crippen LogP contribution in [0.4, 0.5) is 5.95 Å². The standard InChI is InChI=1S/C15H22BrN7O2S/c1-21-14(12-10-13(16)18-17-12)19-20-15(21)22-8-4-11(5-9-22)26(24,25)23-6-2-3-7-23/h10-11H,2-9H2,1H3,(H,17,18). The fourth-order valence-corrected chi connectivity index (χ4v) is 6.04. The smallest absolute Gasteiger partial charge is 0.227 e. The van der Waals surface area contributed by atoms with Crippen molar-refractivity contribution >= 4 is 31.9 Å². The molecule has 0 aromatic carbocycles. The normalized spacial score (nSPS) is 20.2. The third-order valence-corrected chi connectivity index (χ3v) is 8.00. The van der Waals surface area contributed by atoms with E-state index in [9.17, 15) is 8.42 Å². The fraction of sp³-hybridized carbons (Fsp3) is 0.667. The van der Waals surface area contributed by atoms with Crippen molar-refractivity contribution in [3.63, 3.8) is 0 Å². The Hall–Kier alpha value is -1.46. The van der Waals surface area contributed by atoms with Crippen LogP contribution in [0.5, 0.6) is 0 Å². The number of nitrogens with one attached hydrogen (secondary N) is 1. The summed E-state index contributed by atoms with van der Waals surface area (Å²) < 4.78 is 29.8. The third kappa shape index (κ3) is 3.16. The number of aromatic nitrogens is 5. The van der Waals surface area contributed by atoms with E-state index >= 15 is 0 Å². The average Bonchev–Trinajstić information content (AvgIpc) is 3.36. The van der Waals surface area contributed by atoms with Gasteiger partial charge in [0, 0.05) is 39.3 Å². The molecule has 0 bridgehead atoms. The molecule has 1 N–H and O–H groups in total. The number of aromatic amines is 1. The van der Waals surface area contributed by atoms with Gasteiger partial charge in [0.2, 0.25) is 16.0 Å². The van der Waals surface area contributed by atoms with Crippen molar-refractivity contribution in [3.8, 4) is 11.5 Å². The van der Waals surface area contributed by atoms with E-state index in [1.807, 2.05) is 17.7 Å². The molecule has 0 unspecified atom stereocenters. The molecule has 0 spiro atoms. The lowest BCUT2D eigenvalue weighted by atomic mass is 10.1. The second kappa shape index (κ2) is 6.93. The quantitative estimate of drug-likeness (QED) is 0.765. The van der Waals surface area contributed by atoms with Crippen LogP contribution in [-0.4, -0.2) is 69.1 Å². The highest BCUT2D eigenvalue weighted by Crippen LogP contribution is 2.28. The van der Waals surface area contributed by atoms with Crippen molar-refractivity contribution < 1.29 is 8.42 Å². The molecule has 26 heavy (non-hydrogen) atoms. The number of hydrogen-bond donors (Lipinski definition) is 1. The molecule has 0 atom stereocenters. The molecular weight excluding hydrogens is 422 g/mol. The van der Waals surface area contributed by atoms with Crippen molar-refractivity contribution in [1.82, 2.24) is 29.3 Å². The first-order chi connectivity index (χ1) is 12.5. The first-order valence-electron chi connectivity index (χ1n) is 8.81. The summed E-state index contributed by atoms with van der Waals surface area (Å²) in [5, 5.41) is 15.3. The Labute approximate surface area is 160 Å². The Morgan fingerprint density at radius 2 is 1.85 bits per heavy atom. The van der Waals surface area contributed by atoms with Crippen molar-refractivity contribution in [2.24, 2.45) is 7.05 Å². The van der Waals surface area contributed by atoms with E-state index in [4.69, 9.17) is 0 Å². The van der Waals surface area contributed by atoms with Gasteiger partial charge < -0.3 is 4.90 Å². The molecule has 0 amide bonds. The van der Waals surface area contributed by atoms with Crippen LogP contribution in [0.15, 0.2) is 10.7 Å². The molecule has 0 radical (unpaired) electrons. The van der Waals surface area contributed by atoms with Gasteiger partial charge in [-0.25, -0.2) is 12.7 Å². The highest BCUT2D eigenvalue weighted by molar-refractivity contribution is 9.10. The number of H-pyrrole nitrogens is 1. The minimum Gasteiger partial charge on any atom is -0.341 e. The van der Waals surface area contributed by atoms with Gasteiger partial charge in [0.1, 0.15) is 10.3 Å². The van der Waals surface area contributed by atoms with E-state index in [0.717, 1.165) is 23.4 Å². The summed E-state index contributed by atoms with van der Waals surface area (Å²) in [7, 11) is -1.26. The predicted molar refractivity (Wildman–Crippen MR) is 101 cm³/mol. The van der Waals surface area contributed by atoms with Crippen LogP contribution in [0, 0.1) is 0 Å². The molecule has 2 aromatic heterocycles. The number of piperidine rings is 1. The molecule has 0 saturated carbocycles. The van der Waals surface area contributed by atoms with Gasteiger partial charge in [-0.05, 0) is 41.6 Å².